The lowest BCUT2D eigenvalue weighted by Crippen LogP contribution is -2.16. The van der Waals surface area contributed by atoms with Gasteiger partial charge in [0.2, 0.25) is 5.95 Å². The number of tetrazole rings is 1. The molecule has 0 spiro atoms. The largest absolute Gasteiger partial charge is 0.361 e. The molecule has 0 aliphatic rings. The number of aromatic amines is 1. The van der Waals surface area contributed by atoms with Crippen molar-refractivity contribution >= 4 is 28.2 Å². The summed E-state index contributed by atoms with van der Waals surface area (Å²) in [4.78, 5) is 4.69. The normalized spacial score (nSPS) is 12.3. The van der Waals surface area contributed by atoms with Gasteiger partial charge in [-0.15, -0.1) is 11.3 Å². The van der Waals surface area contributed by atoms with Crippen molar-refractivity contribution in [3.63, 3.8) is 0 Å². The van der Waals surface area contributed by atoms with Crippen LogP contribution in [0.3, 0.4) is 0 Å². The second-order valence-electron chi connectivity index (χ2n) is 6.49. The summed E-state index contributed by atoms with van der Waals surface area (Å²) in [6.45, 7) is 0.690. The van der Waals surface area contributed by atoms with Crippen LogP contribution in [-0.2, 0) is 0 Å². The second-order valence-corrected chi connectivity index (χ2v) is 7.47. The SMILES string of the molecule is c1ccc(-n2nnnc2NCC(c2cccs2)c2c[nH]c3ccccc23)cc1. The van der Waals surface area contributed by atoms with Crippen LogP contribution in [0.1, 0.15) is 16.4 Å². The van der Waals surface area contributed by atoms with Gasteiger partial charge in [0, 0.05) is 34.4 Å². The molecule has 0 radical (unpaired) electrons. The predicted molar refractivity (Wildman–Crippen MR) is 112 cm³/mol. The van der Waals surface area contributed by atoms with Gasteiger partial charge in [0.05, 0.1) is 5.69 Å². The van der Waals surface area contributed by atoms with Crippen molar-refractivity contribution < 1.29 is 0 Å². The molecule has 28 heavy (non-hydrogen) atoms. The summed E-state index contributed by atoms with van der Waals surface area (Å²) in [5, 5.41) is 19.0. The number of anilines is 1. The number of aromatic nitrogens is 5. The van der Waals surface area contributed by atoms with Crippen LogP contribution in [0, 0.1) is 0 Å². The lowest BCUT2D eigenvalue weighted by molar-refractivity contribution is 0.785. The maximum Gasteiger partial charge on any atom is 0.247 e. The molecule has 5 aromatic rings. The van der Waals surface area contributed by atoms with E-state index in [4.69, 9.17) is 0 Å². The summed E-state index contributed by atoms with van der Waals surface area (Å²) in [6, 6.07) is 22.6. The van der Waals surface area contributed by atoms with Crippen LogP contribution in [-0.4, -0.2) is 31.7 Å². The Labute approximate surface area is 165 Å². The molecule has 1 unspecified atom stereocenters. The molecule has 7 heteroatoms. The zero-order valence-electron chi connectivity index (χ0n) is 15.0. The van der Waals surface area contributed by atoms with E-state index in [1.165, 1.54) is 15.8 Å². The van der Waals surface area contributed by atoms with Crippen molar-refractivity contribution in [1.82, 2.24) is 25.2 Å². The smallest absolute Gasteiger partial charge is 0.247 e. The summed E-state index contributed by atoms with van der Waals surface area (Å²) in [5.74, 6) is 0.824. The molecule has 0 aliphatic carbocycles. The highest BCUT2D eigenvalue weighted by molar-refractivity contribution is 7.10. The van der Waals surface area contributed by atoms with Crippen molar-refractivity contribution in [2.45, 2.75) is 5.92 Å². The Balaban J connectivity index is 1.47. The van der Waals surface area contributed by atoms with Crippen molar-refractivity contribution in [3.8, 4) is 5.69 Å². The van der Waals surface area contributed by atoms with E-state index in [9.17, 15) is 0 Å². The zero-order chi connectivity index (χ0) is 18.8. The van der Waals surface area contributed by atoms with Crippen molar-refractivity contribution in [2.75, 3.05) is 11.9 Å². The number of rotatable bonds is 6. The predicted octanol–water partition coefficient (Wildman–Crippen LogP) is 4.45. The van der Waals surface area contributed by atoms with Crippen LogP contribution in [0.15, 0.2) is 78.3 Å². The van der Waals surface area contributed by atoms with Crippen LogP contribution in [0.5, 0.6) is 0 Å². The standard InChI is InChI=1S/C21H18N6S/c1-2-7-15(8-3-1)27-21(24-25-26-27)23-14-18(20-11-6-12-28-20)17-13-22-19-10-5-4-9-16(17)19/h1-13,18,22H,14H2,(H,23,24,26). The van der Waals surface area contributed by atoms with Gasteiger partial charge in [-0.25, -0.2) is 0 Å². The van der Waals surface area contributed by atoms with E-state index in [1.54, 1.807) is 16.0 Å². The molecule has 0 amide bonds. The van der Waals surface area contributed by atoms with E-state index in [0.717, 1.165) is 11.2 Å². The maximum atomic E-state index is 4.18. The molecule has 1 atom stereocenters. The first-order valence-electron chi connectivity index (χ1n) is 9.07. The first-order chi connectivity index (χ1) is 13.9. The molecular weight excluding hydrogens is 368 g/mol. The number of benzene rings is 2. The number of H-pyrrole nitrogens is 1. The zero-order valence-corrected chi connectivity index (χ0v) is 15.8. The lowest BCUT2D eigenvalue weighted by atomic mass is 9.97. The van der Waals surface area contributed by atoms with Crippen LogP contribution in [0.25, 0.3) is 16.6 Å². The average Bonchev–Trinajstić information content (AvgIpc) is 3.51. The minimum atomic E-state index is 0.192. The molecule has 0 aliphatic heterocycles. The minimum absolute atomic E-state index is 0.192. The molecule has 0 saturated heterocycles. The quantitative estimate of drug-likeness (QED) is 0.452. The number of hydrogen-bond acceptors (Lipinski definition) is 5. The summed E-state index contributed by atoms with van der Waals surface area (Å²) >= 11 is 1.76. The molecule has 6 nitrogen and oxygen atoms in total. The van der Waals surface area contributed by atoms with E-state index < -0.39 is 0 Å². The molecule has 0 saturated carbocycles. The third-order valence-corrected chi connectivity index (χ3v) is 5.80. The number of nitrogens with one attached hydrogen (secondary N) is 2. The van der Waals surface area contributed by atoms with E-state index >= 15 is 0 Å². The topological polar surface area (TPSA) is 71.4 Å². The number of fused-ring (bicyclic) bond motifs is 1. The number of hydrogen-bond donors (Lipinski definition) is 2. The third kappa shape index (κ3) is 3.05. The number of thiophene rings is 1. The lowest BCUT2D eigenvalue weighted by Gasteiger charge is -2.16. The van der Waals surface area contributed by atoms with E-state index in [-0.39, 0.29) is 5.92 Å². The van der Waals surface area contributed by atoms with Gasteiger partial charge in [-0.1, -0.05) is 47.6 Å². The average molecular weight is 386 g/mol. The molecule has 3 heterocycles. The van der Waals surface area contributed by atoms with Gasteiger partial charge in [0.1, 0.15) is 0 Å². The van der Waals surface area contributed by atoms with Crippen LogP contribution < -0.4 is 5.32 Å². The molecule has 0 bridgehead atoms. The Bertz CT molecular complexity index is 1180. The number of para-hydroxylation sites is 2. The highest BCUT2D eigenvalue weighted by Gasteiger charge is 2.20. The summed E-state index contributed by atoms with van der Waals surface area (Å²) < 4.78 is 1.72. The maximum absolute atomic E-state index is 4.18. The Morgan fingerprint density at radius 1 is 1.00 bits per heavy atom. The van der Waals surface area contributed by atoms with Gasteiger partial charge >= 0.3 is 0 Å². The van der Waals surface area contributed by atoms with E-state index in [1.807, 2.05) is 30.3 Å². The van der Waals surface area contributed by atoms with Crippen molar-refractivity contribution in [2.24, 2.45) is 0 Å². The van der Waals surface area contributed by atoms with Crippen molar-refractivity contribution in [3.05, 3.63) is 88.7 Å². The fourth-order valence-corrected chi connectivity index (χ4v) is 4.32. The first kappa shape index (κ1) is 16.7. The summed E-state index contributed by atoms with van der Waals surface area (Å²) in [6.07, 6.45) is 2.11. The van der Waals surface area contributed by atoms with Gasteiger partial charge in [0.15, 0.2) is 0 Å². The highest BCUT2D eigenvalue weighted by Crippen LogP contribution is 2.33. The summed E-state index contributed by atoms with van der Waals surface area (Å²) in [7, 11) is 0. The highest BCUT2D eigenvalue weighted by atomic mass is 32.1. The Morgan fingerprint density at radius 3 is 2.71 bits per heavy atom. The van der Waals surface area contributed by atoms with Gasteiger partial charge in [-0.3, -0.25) is 0 Å². The second kappa shape index (κ2) is 7.28. The molecule has 5 rings (SSSR count). The van der Waals surface area contributed by atoms with Gasteiger partial charge < -0.3 is 10.3 Å². The molecule has 138 valence electrons. The summed E-state index contributed by atoms with van der Waals surface area (Å²) in [5.41, 5.74) is 3.34. The van der Waals surface area contributed by atoms with Crippen LogP contribution >= 0.6 is 11.3 Å². The molecule has 2 aromatic carbocycles. The Hall–Kier alpha value is -3.45. The van der Waals surface area contributed by atoms with E-state index in [2.05, 4.69) is 73.8 Å². The minimum Gasteiger partial charge on any atom is -0.361 e. The van der Waals surface area contributed by atoms with Crippen molar-refractivity contribution in [1.29, 1.82) is 0 Å². The molecule has 0 fully saturated rings. The fraction of sp³-hybridized carbons (Fsp3) is 0.0952. The van der Waals surface area contributed by atoms with Crippen LogP contribution in [0.4, 0.5) is 5.95 Å². The van der Waals surface area contributed by atoms with Gasteiger partial charge in [-0.05, 0) is 45.6 Å². The first-order valence-corrected chi connectivity index (χ1v) is 9.95. The number of nitrogens with zero attached hydrogens (tertiary/aromatic N) is 4. The van der Waals surface area contributed by atoms with Gasteiger partial charge in [0.25, 0.3) is 0 Å². The van der Waals surface area contributed by atoms with E-state index in [0.29, 0.717) is 12.5 Å². The molecule has 2 N–H and O–H groups in total. The monoisotopic (exact) mass is 386 g/mol. The van der Waals surface area contributed by atoms with Crippen LogP contribution in [0.2, 0.25) is 0 Å². The third-order valence-electron chi connectivity index (χ3n) is 4.82. The Kier molecular flexibility index (Phi) is 4.34. The fourth-order valence-electron chi connectivity index (χ4n) is 3.47. The Morgan fingerprint density at radius 2 is 1.86 bits per heavy atom. The molecule has 3 aromatic heterocycles. The van der Waals surface area contributed by atoms with Gasteiger partial charge in [-0.2, -0.15) is 4.68 Å². The molecular formula is C21H18N6S.